The van der Waals surface area contributed by atoms with E-state index in [1.165, 1.54) is 0 Å². The van der Waals surface area contributed by atoms with E-state index in [1.807, 2.05) is 30.3 Å². The molecule has 13 heavy (non-hydrogen) atoms. The fourth-order valence-corrected chi connectivity index (χ4v) is 1.05. The van der Waals surface area contributed by atoms with Gasteiger partial charge >= 0.3 is 0 Å². The molecular formula is C9H8N2O2. The van der Waals surface area contributed by atoms with Gasteiger partial charge in [0, 0.05) is 11.6 Å². The highest BCUT2D eigenvalue weighted by Gasteiger charge is 2.05. The van der Waals surface area contributed by atoms with Gasteiger partial charge in [-0.2, -0.15) is 5.90 Å². The first kappa shape index (κ1) is 7.82. The molecule has 2 N–H and O–H groups in total. The maximum atomic E-state index is 5.07. The highest BCUT2D eigenvalue weighted by molar-refractivity contribution is 5.92. The van der Waals surface area contributed by atoms with Gasteiger partial charge < -0.3 is 9.68 Å². The molecule has 4 heteroatoms. The van der Waals surface area contributed by atoms with Crippen LogP contribution in [0, 0.1) is 0 Å². The monoisotopic (exact) mass is 176 g/mol. The van der Waals surface area contributed by atoms with Crippen molar-refractivity contribution in [1.29, 1.82) is 0 Å². The van der Waals surface area contributed by atoms with Crippen molar-refractivity contribution in [2.24, 2.45) is 11.1 Å². The van der Waals surface area contributed by atoms with Crippen LogP contribution in [0.15, 0.2) is 35.5 Å². The van der Waals surface area contributed by atoms with Crippen LogP contribution in [0.5, 0.6) is 5.75 Å². The summed E-state index contributed by atoms with van der Waals surface area (Å²) < 4.78 is 0. The molecule has 1 aliphatic heterocycles. The lowest BCUT2D eigenvalue weighted by Crippen LogP contribution is -2.07. The SMILES string of the molecule is NOC1=NOc2ccccc2C=C1. The van der Waals surface area contributed by atoms with E-state index in [-0.39, 0.29) is 5.90 Å². The van der Waals surface area contributed by atoms with Crippen molar-refractivity contribution < 1.29 is 9.68 Å². The van der Waals surface area contributed by atoms with Gasteiger partial charge in [0.1, 0.15) is 0 Å². The smallest absolute Gasteiger partial charge is 0.273 e. The Bertz CT molecular complexity index is 372. The van der Waals surface area contributed by atoms with Gasteiger partial charge in [-0.1, -0.05) is 18.2 Å². The van der Waals surface area contributed by atoms with Crippen LogP contribution in [0.3, 0.4) is 0 Å². The number of hydrogen-bond acceptors (Lipinski definition) is 4. The molecule has 0 radical (unpaired) electrons. The zero-order chi connectivity index (χ0) is 9.10. The van der Waals surface area contributed by atoms with Gasteiger partial charge in [0.2, 0.25) is 0 Å². The number of benzene rings is 1. The molecule has 4 nitrogen and oxygen atoms in total. The number of hydrogen-bond donors (Lipinski definition) is 1. The van der Waals surface area contributed by atoms with Crippen molar-refractivity contribution in [1.82, 2.24) is 0 Å². The van der Waals surface area contributed by atoms with Crippen LogP contribution < -0.4 is 10.7 Å². The first-order chi connectivity index (χ1) is 6.40. The van der Waals surface area contributed by atoms with E-state index in [1.54, 1.807) is 6.08 Å². The molecule has 1 aliphatic rings. The summed E-state index contributed by atoms with van der Waals surface area (Å²) in [6, 6.07) is 7.53. The minimum atomic E-state index is 0.246. The van der Waals surface area contributed by atoms with Crippen LogP contribution >= 0.6 is 0 Å². The molecule has 0 unspecified atom stereocenters. The Labute approximate surface area is 75.2 Å². The Morgan fingerprint density at radius 2 is 2.08 bits per heavy atom. The molecule has 0 aliphatic carbocycles. The molecule has 0 fully saturated rings. The second-order valence-electron chi connectivity index (χ2n) is 2.51. The maximum Gasteiger partial charge on any atom is 0.273 e. The standard InChI is InChI=1S/C9H8N2O2/c10-12-9-6-5-7-3-1-2-4-8(7)13-11-9/h1-6H,10H2. The van der Waals surface area contributed by atoms with Gasteiger partial charge in [0.05, 0.1) is 0 Å². The van der Waals surface area contributed by atoms with Crippen molar-refractivity contribution in [3.05, 3.63) is 35.9 Å². The maximum absolute atomic E-state index is 5.07. The van der Waals surface area contributed by atoms with Gasteiger partial charge in [0.15, 0.2) is 5.75 Å². The van der Waals surface area contributed by atoms with Crippen LogP contribution in [0.25, 0.3) is 6.08 Å². The lowest BCUT2D eigenvalue weighted by molar-refractivity contribution is 0.277. The third-order valence-electron chi connectivity index (χ3n) is 1.68. The molecule has 66 valence electrons. The molecule has 1 aromatic carbocycles. The first-order valence-corrected chi connectivity index (χ1v) is 3.79. The number of oxime groups is 1. The summed E-state index contributed by atoms with van der Waals surface area (Å²) in [5.74, 6) is 5.88. The van der Waals surface area contributed by atoms with E-state index in [9.17, 15) is 0 Å². The summed E-state index contributed by atoms with van der Waals surface area (Å²) in [6.45, 7) is 0. The minimum Gasteiger partial charge on any atom is -0.388 e. The number of fused-ring (bicyclic) bond motifs is 1. The van der Waals surface area contributed by atoms with Gasteiger partial charge in [-0.3, -0.25) is 0 Å². The molecular weight excluding hydrogens is 168 g/mol. The van der Waals surface area contributed by atoms with Crippen LogP contribution in [-0.2, 0) is 4.84 Å². The number of para-hydroxylation sites is 1. The lowest BCUT2D eigenvalue weighted by atomic mass is 10.2. The fraction of sp³-hybridized carbons (Fsp3) is 0. The molecule has 0 aromatic heterocycles. The van der Waals surface area contributed by atoms with Gasteiger partial charge in [-0.25, -0.2) is 0 Å². The Balaban J connectivity index is 2.39. The van der Waals surface area contributed by atoms with Crippen molar-refractivity contribution in [3.8, 4) is 5.75 Å². The highest BCUT2D eigenvalue weighted by atomic mass is 16.7. The minimum absolute atomic E-state index is 0.246. The fourth-order valence-electron chi connectivity index (χ4n) is 1.05. The highest BCUT2D eigenvalue weighted by Crippen LogP contribution is 2.21. The van der Waals surface area contributed by atoms with Crippen LogP contribution in [0.2, 0.25) is 0 Å². The first-order valence-electron chi connectivity index (χ1n) is 3.79. The van der Waals surface area contributed by atoms with E-state index >= 15 is 0 Å². The third-order valence-corrected chi connectivity index (χ3v) is 1.68. The van der Waals surface area contributed by atoms with E-state index in [0.717, 1.165) is 5.56 Å². The molecule has 0 saturated heterocycles. The summed E-state index contributed by atoms with van der Waals surface area (Å²) in [5, 5.41) is 3.67. The zero-order valence-electron chi connectivity index (χ0n) is 6.81. The zero-order valence-corrected chi connectivity index (χ0v) is 6.81. The third kappa shape index (κ3) is 1.52. The summed E-state index contributed by atoms with van der Waals surface area (Å²) in [5.41, 5.74) is 0.943. The number of rotatable bonds is 0. The van der Waals surface area contributed by atoms with E-state index in [4.69, 9.17) is 10.7 Å². The molecule has 1 heterocycles. The topological polar surface area (TPSA) is 56.8 Å². The van der Waals surface area contributed by atoms with Gasteiger partial charge in [-0.15, -0.1) is 0 Å². The summed E-state index contributed by atoms with van der Waals surface area (Å²) in [4.78, 5) is 9.51. The molecule has 1 aromatic rings. The van der Waals surface area contributed by atoms with E-state index in [0.29, 0.717) is 5.75 Å². The van der Waals surface area contributed by atoms with E-state index in [2.05, 4.69) is 9.99 Å². The van der Waals surface area contributed by atoms with Crippen LogP contribution in [-0.4, -0.2) is 5.90 Å². The Hall–Kier alpha value is -1.81. The van der Waals surface area contributed by atoms with Crippen molar-refractivity contribution in [2.75, 3.05) is 0 Å². The average molecular weight is 176 g/mol. The van der Waals surface area contributed by atoms with Crippen LogP contribution in [0.4, 0.5) is 0 Å². The van der Waals surface area contributed by atoms with E-state index < -0.39 is 0 Å². The quantitative estimate of drug-likeness (QED) is 0.606. The Morgan fingerprint density at radius 1 is 1.23 bits per heavy atom. The Morgan fingerprint density at radius 3 is 2.92 bits per heavy atom. The summed E-state index contributed by atoms with van der Waals surface area (Å²) in [6.07, 6.45) is 3.47. The molecule has 0 amide bonds. The Kier molecular flexibility index (Phi) is 1.97. The molecule has 0 atom stereocenters. The van der Waals surface area contributed by atoms with Crippen LogP contribution in [0.1, 0.15) is 5.56 Å². The average Bonchev–Trinajstić information content (AvgIpc) is 2.39. The predicted octanol–water partition coefficient (Wildman–Crippen LogP) is 1.30. The van der Waals surface area contributed by atoms with Gasteiger partial charge in [0.25, 0.3) is 5.90 Å². The second kappa shape index (κ2) is 3.28. The largest absolute Gasteiger partial charge is 0.388 e. The summed E-state index contributed by atoms with van der Waals surface area (Å²) in [7, 11) is 0. The van der Waals surface area contributed by atoms with Crippen molar-refractivity contribution in [3.63, 3.8) is 0 Å². The summed E-state index contributed by atoms with van der Waals surface area (Å²) >= 11 is 0. The molecule has 0 saturated carbocycles. The molecule has 0 spiro atoms. The lowest BCUT2D eigenvalue weighted by Gasteiger charge is -1.99. The second-order valence-corrected chi connectivity index (χ2v) is 2.51. The van der Waals surface area contributed by atoms with Crippen molar-refractivity contribution >= 4 is 12.0 Å². The van der Waals surface area contributed by atoms with Gasteiger partial charge in [-0.05, 0) is 17.3 Å². The molecule has 2 rings (SSSR count). The molecule has 0 bridgehead atoms. The number of nitrogens with two attached hydrogens (primary N) is 1. The number of nitrogens with zero attached hydrogens (tertiary/aromatic N) is 1. The van der Waals surface area contributed by atoms with Crippen molar-refractivity contribution in [2.45, 2.75) is 0 Å². The predicted molar refractivity (Wildman–Crippen MR) is 48.8 cm³/mol. The normalized spacial score (nSPS) is 13.8.